The summed E-state index contributed by atoms with van der Waals surface area (Å²) in [5.41, 5.74) is -0.573. The first-order valence-corrected chi connectivity index (χ1v) is 14.2. The second-order valence-corrected chi connectivity index (χ2v) is 11.8. The van der Waals surface area contributed by atoms with Gasteiger partial charge in [-0.05, 0) is 65.5 Å². The molecule has 1 amide bonds. The Morgan fingerprint density at radius 1 is 1.13 bits per heavy atom. The topological polar surface area (TPSA) is 82.8 Å². The molecule has 1 atom stereocenters. The predicted octanol–water partition coefficient (Wildman–Crippen LogP) is 4.63. The molecule has 206 valence electrons. The summed E-state index contributed by atoms with van der Waals surface area (Å²) in [4.78, 5) is 45.3. The summed E-state index contributed by atoms with van der Waals surface area (Å²) in [6.07, 6.45) is 1.97. The molecular weight excluding hydrogens is 502 g/mol. The summed E-state index contributed by atoms with van der Waals surface area (Å²) < 4.78 is 14.8. The summed E-state index contributed by atoms with van der Waals surface area (Å²) in [7, 11) is 1.61. The first-order chi connectivity index (χ1) is 18.0. The molecule has 3 aromatic rings. The molecule has 0 bridgehead atoms. The van der Waals surface area contributed by atoms with Crippen LogP contribution in [0, 0.1) is 6.92 Å². The number of aromatic nitrogens is 2. The minimum Gasteiger partial charge on any atom is -0.496 e. The fourth-order valence-corrected chi connectivity index (χ4v) is 6.67. The highest BCUT2D eigenvalue weighted by atomic mass is 32.1. The predicted molar refractivity (Wildman–Crippen MR) is 152 cm³/mol. The van der Waals surface area contributed by atoms with Gasteiger partial charge in [0.1, 0.15) is 22.2 Å². The van der Waals surface area contributed by atoms with E-state index < -0.39 is 22.9 Å². The fourth-order valence-electron chi connectivity index (χ4n) is 5.43. The Balaban J connectivity index is 1.97. The number of methoxy groups -OCH3 is 1. The van der Waals surface area contributed by atoms with Crippen molar-refractivity contribution in [3.63, 3.8) is 0 Å². The van der Waals surface area contributed by atoms with Crippen LogP contribution >= 0.6 is 11.3 Å². The number of thiophene rings is 1. The molecule has 0 saturated carbocycles. The first-order valence-electron chi connectivity index (χ1n) is 13.4. The smallest absolute Gasteiger partial charge is 0.333 e. The van der Waals surface area contributed by atoms with E-state index in [0.29, 0.717) is 29.1 Å². The lowest BCUT2D eigenvalue weighted by molar-refractivity contribution is -0.138. The van der Waals surface area contributed by atoms with Crippen molar-refractivity contribution < 1.29 is 14.3 Å². The molecule has 1 aromatic carbocycles. The van der Waals surface area contributed by atoms with Crippen LogP contribution in [0.3, 0.4) is 0 Å². The summed E-state index contributed by atoms with van der Waals surface area (Å²) in [6.45, 7) is 12.7. The number of carbonyl (C=O) groups is 1. The van der Waals surface area contributed by atoms with Crippen molar-refractivity contribution in [2.45, 2.75) is 85.1 Å². The molecule has 1 fully saturated rings. The van der Waals surface area contributed by atoms with Gasteiger partial charge in [-0.1, -0.05) is 25.1 Å². The van der Waals surface area contributed by atoms with E-state index in [1.165, 1.54) is 15.9 Å². The van der Waals surface area contributed by atoms with E-state index >= 15 is 0 Å². The Morgan fingerprint density at radius 3 is 2.39 bits per heavy atom. The number of benzene rings is 1. The summed E-state index contributed by atoms with van der Waals surface area (Å²) >= 11 is 1.47. The van der Waals surface area contributed by atoms with Crippen LogP contribution in [-0.4, -0.2) is 46.2 Å². The van der Waals surface area contributed by atoms with Gasteiger partial charge in [0.05, 0.1) is 25.1 Å². The number of hydrogen-bond donors (Lipinski definition) is 0. The van der Waals surface area contributed by atoms with Crippen LogP contribution in [-0.2, 0) is 28.0 Å². The SMILES string of the molecule is CCc1sc2c(c1C)c(=O)n(C(C)(C)C(=O)N1CCCC1)c(=O)n2C[C@H](OC(C)C)c1ccccc1OC. The minimum atomic E-state index is -1.34. The standard InChI is InChI=1S/C29H39N3O5S/c1-8-23-19(4)24-25(33)32(29(5,6)27(34)30-15-11-12-16-30)28(35)31(26(24)38-23)17-22(37-18(2)3)20-13-9-10-14-21(20)36-7/h9-10,13-14,18,22H,8,11-12,15-17H2,1-7H3/t22-/m0/s1. The highest BCUT2D eigenvalue weighted by Crippen LogP contribution is 2.33. The molecule has 0 N–H and O–H groups in total. The van der Waals surface area contributed by atoms with Gasteiger partial charge in [-0.15, -0.1) is 11.3 Å². The summed E-state index contributed by atoms with van der Waals surface area (Å²) in [5.74, 6) is 0.459. The average Bonchev–Trinajstić information content (AvgIpc) is 3.53. The van der Waals surface area contributed by atoms with Crippen LogP contribution in [0.4, 0.5) is 0 Å². The van der Waals surface area contributed by atoms with Gasteiger partial charge in [-0.2, -0.15) is 0 Å². The molecule has 2 aromatic heterocycles. The largest absolute Gasteiger partial charge is 0.496 e. The number of para-hydroxylation sites is 1. The van der Waals surface area contributed by atoms with Crippen molar-refractivity contribution in [1.82, 2.24) is 14.0 Å². The van der Waals surface area contributed by atoms with E-state index in [4.69, 9.17) is 9.47 Å². The van der Waals surface area contributed by atoms with Gasteiger partial charge in [0, 0.05) is 23.5 Å². The first kappa shape index (κ1) is 28.1. The average molecular weight is 542 g/mol. The summed E-state index contributed by atoms with van der Waals surface area (Å²) in [6, 6.07) is 7.60. The van der Waals surface area contributed by atoms with Crippen molar-refractivity contribution in [2.24, 2.45) is 0 Å². The lowest BCUT2D eigenvalue weighted by atomic mass is 10.0. The van der Waals surface area contributed by atoms with E-state index in [0.717, 1.165) is 35.3 Å². The number of hydrogen-bond acceptors (Lipinski definition) is 6. The molecule has 1 aliphatic heterocycles. The maximum Gasteiger partial charge on any atom is 0.333 e. The van der Waals surface area contributed by atoms with Crippen LogP contribution in [0.5, 0.6) is 5.75 Å². The van der Waals surface area contributed by atoms with Gasteiger partial charge in [0.2, 0.25) is 5.91 Å². The van der Waals surface area contributed by atoms with Gasteiger partial charge >= 0.3 is 5.69 Å². The molecule has 3 heterocycles. The Kier molecular flexibility index (Phi) is 8.18. The third-order valence-corrected chi connectivity index (χ3v) is 8.84. The number of ether oxygens (including phenoxy) is 2. The molecule has 0 unspecified atom stereocenters. The zero-order valence-corrected chi connectivity index (χ0v) is 24.3. The molecule has 4 rings (SSSR count). The lowest BCUT2D eigenvalue weighted by Gasteiger charge is -2.31. The van der Waals surface area contributed by atoms with Gasteiger partial charge in [0.25, 0.3) is 5.56 Å². The number of amides is 1. The van der Waals surface area contributed by atoms with Gasteiger partial charge in [-0.25, -0.2) is 9.36 Å². The Labute approximate surface area is 227 Å². The van der Waals surface area contributed by atoms with Crippen molar-refractivity contribution in [3.8, 4) is 5.75 Å². The van der Waals surface area contributed by atoms with Crippen molar-refractivity contribution in [3.05, 3.63) is 61.1 Å². The molecular formula is C29H39N3O5S. The molecule has 9 heteroatoms. The molecule has 8 nitrogen and oxygen atoms in total. The zero-order chi connectivity index (χ0) is 27.8. The molecule has 1 saturated heterocycles. The summed E-state index contributed by atoms with van der Waals surface area (Å²) in [5, 5.41) is 0.497. The van der Waals surface area contributed by atoms with Crippen molar-refractivity contribution in [1.29, 1.82) is 0 Å². The number of fused-ring (bicyclic) bond motifs is 1. The van der Waals surface area contributed by atoms with Gasteiger partial charge < -0.3 is 14.4 Å². The fraction of sp³-hybridized carbons (Fsp3) is 0.552. The zero-order valence-electron chi connectivity index (χ0n) is 23.5. The number of aryl methyl sites for hydroxylation is 2. The highest BCUT2D eigenvalue weighted by molar-refractivity contribution is 7.18. The molecule has 1 aliphatic rings. The van der Waals surface area contributed by atoms with Crippen LogP contribution < -0.4 is 16.0 Å². The van der Waals surface area contributed by atoms with Gasteiger partial charge in [0.15, 0.2) is 0 Å². The molecule has 0 aliphatic carbocycles. The van der Waals surface area contributed by atoms with Crippen LogP contribution in [0.15, 0.2) is 33.9 Å². The van der Waals surface area contributed by atoms with Gasteiger partial charge in [-0.3, -0.25) is 14.2 Å². The number of nitrogens with zero attached hydrogens (tertiary/aromatic N) is 3. The minimum absolute atomic E-state index is 0.119. The van der Waals surface area contributed by atoms with Crippen molar-refractivity contribution >= 4 is 27.5 Å². The normalized spacial score (nSPS) is 15.0. The quantitative estimate of drug-likeness (QED) is 0.395. The van der Waals surface area contributed by atoms with Crippen LogP contribution in [0.1, 0.15) is 69.6 Å². The third kappa shape index (κ3) is 4.94. The maximum absolute atomic E-state index is 14.3. The van der Waals surface area contributed by atoms with E-state index in [9.17, 15) is 14.4 Å². The van der Waals surface area contributed by atoms with E-state index in [2.05, 4.69) is 0 Å². The van der Waals surface area contributed by atoms with E-state index in [1.54, 1.807) is 30.4 Å². The molecule has 38 heavy (non-hydrogen) atoms. The van der Waals surface area contributed by atoms with Crippen LogP contribution in [0.25, 0.3) is 10.2 Å². The van der Waals surface area contributed by atoms with E-state index in [-0.39, 0.29) is 18.6 Å². The monoisotopic (exact) mass is 541 g/mol. The lowest BCUT2D eigenvalue weighted by Crippen LogP contribution is -2.56. The molecule has 0 spiro atoms. The van der Waals surface area contributed by atoms with Crippen LogP contribution in [0.2, 0.25) is 0 Å². The second kappa shape index (κ2) is 11.1. The maximum atomic E-state index is 14.3. The number of carbonyl (C=O) groups excluding carboxylic acids is 1. The Bertz CT molecular complexity index is 1440. The molecule has 0 radical (unpaired) electrons. The van der Waals surface area contributed by atoms with Crippen molar-refractivity contribution in [2.75, 3.05) is 20.2 Å². The number of rotatable bonds is 9. The second-order valence-electron chi connectivity index (χ2n) is 10.7. The highest BCUT2D eigenvalue weighted by Gasteiger charge is 2.39. The third-order valence-electron chi connectivity index (χ3n) is 7.38. The Morgan fingerprint density at radius 2 is 1.79 bits per heavy atom. The van der Waals surface area contributed by atoms with E-state index in [1.807, 2.05) is 52.0 Å². The Hall–Kier alpha value is -2.91. The number of likely N-dealkylation sites (tertiary alicyclic amines) is 1.